The second-order valence-corrected chi connectivity index (χ2v) is 2.75. The lowest BCUT2D eigenvalue weighted by molar-refractivity contribution is 0.304. The predicted octanol–water partition coefficient (Wildman–Crippen LogP) is 1.44. The fourth-order valence-electron chi connectivity index (χ4n) is 1.25. The maximum Gasteiger partial charge on any atom is 0.0618 e. The predicted molar refractivity (Wildman–Crippen MR) is 53.2 cm³/mol. The van der Waals surface area contributed by atoms with Crippen molar-refractivity contribution in [1.29, 1.82) is 0 Å². The summed E-state index contributed by atoms with van der Waals surface area (Å²) >= 11 is 0. The van der Waals surface area contributed by atoms with Crippen LogP contribution in [0.2, 0.25) is 0 Å². The summed E-state index contributed by atoms with van der Waals surface area (Å²) in [5.41, 5.74) is 2.05. The van der Waals surface area contributed by atoms with Crippen molar-refractivity contribution >= 4 is 5.57 Å². The van der Waals surface area contributed by atoms with E-state index >= 15 is 0 Å². The Morgan fingerprint density at radius 3 is 2.38 bits per heavy atom. The van der Waals surface area contributed by atoms with E-state index in [-0.39, 0.29) is 13.2 Å². The summed E-state index contributed by atoms with van der Waals surface area (Å²) in [5.74, 6) is 0. The topological polar surface area (TPSA) is 40.5 Å². The number of hydrogen-bond acceptors (Lipinski definition) is 2. The minimum Gasteiger partial charge on any atom is -0.396 e. The maximum absolute atomic E-state index is 8.80. The number of benzene rings is 1. The monoisotopic (exact) mass is 178 g/mol. The lowest BCUT2D eigenvalue weighted by Crippen LogP contribution is -1.90. The molecule has 0 radical (unpaired) electrons. The van der Waals surface area contributed by atoms with Crippen LogP contribution >= 0.6 is 0 Å². The lowest BCUT2D eigenvalue weighted by Gasteiger charge is -2.04. The van der Waals surface area contributed by atoms with Gasteiger partial charge in [0.15, 0.2) is 0 Å². The van der Waals surface area contributed by atoms with Gasteiger partial charge in [-0.2, -0.15) is 0 Å². The highest BCUT2D eigenvalue weighted by atomic mass is 16.3. The molecular weight excluding hydrogens is 164 g/mol. The van der Waals surface area contributed by atoms with Gasteiger partial charge in [0.1, 0.15) is 0 Å². The van der Waals surface area contributed by atoms with E-state index in [1.807, 2.05) is 30.3 Å². The lowest BCUT2D eigenvalue weighted by atomic mass is 10.0. The van der Waals surface area contributed by atoms with Gasteiger partial charge >= 0.3 is 0 Å². The van der Waals surface area contributed by atoms with Gasteiger partial charge in [-0.15, -0.1) is 0 Å². The summed E-state index contributed by atoms with van der Waals surface area (Å²) in [6.07, 6.45) is 2.32. The van der Waals surface area contributed by atoms with E-state index in [1.165, 1.54) is 0 Å². The van der Waals surface area contributed by atoms with Crippen LogP contribution < -0.4 is 0 Å². The van der Waals surface area contributed by atoms with Crippen LogP contribution in [0.5, 0.6) is 0 Å². The Hall–Kier alpha value is -1.12. The Morgan fingerprint density at radius 2 is 1.85 bits per heavy atom. The van der Waals surface area contributed by atoms with Crippen LogP contribution in [-0.2, 0) is 0 Å². The standard InChI is InChI=1S/C11H14O2/c12-8-6-11(7-9-13)10-4-2-1-3-5-10/h1-6,12-13H,7-9H2/b11-6-. The van der Waals surface area contributed by atoms with Crippen LogP contribution in [0.4, 0.5) is 0 Å². The molecule has 0 unspecified atom stereocenters. The van der Waals surface area contributed by atoms with E-state index in [9.17, 15) is 0 Å². The summed E-state index contributed by atoms with van der Waals surface area (Å²) in [6, 6.07) is 9.77. The molecule has 1 aromatic carbocycles. The molecule has 2 N–H and O–H groups in total. The second-order valence-electron chi connectivity index (χ2n) is 2.75. The molecular formula is C11H14O2. The average Bonchev–Trinajstić information content (AvgIpc) is 2.19. The summed E-state index contributed by atoms with van der Waals surface area (Å²) in [7, 11) is 0. The summed E-state index contributed by atoms with van der Waals surface area (Å²) < 4.78 is 0. The normalized spacial score (nSPS) is 11.7. The SMILES string of the molecule is OC/C=C(/CCO)c1ccccc1. The first-order valence-electron chi connectivity index (χ1n) is 4.34. The Labute approximate surface area is 78.2 Å². The fourth-order valence-corrected chi connectivity index (χ4v) is 1.25. The van der Waals surface area contributed by atoms with Gasteiger partial charge in [-0.05, 0) is 17.6 Å². The van der Waals surface area contributed by atoms with Crippen molar-refractivity contribution in [1.82, 2.24) is 0 Å². The van der Waals surface area contributed by atoms with Crippen molar-refractivity contribution in [3.8, 4) is 0 Å². The molecule has 0 amide bonds. The van der Waals surface area contributed by atoms with Gasteiger partial charge in [-0.3, -0.25) is 0 Å². The molecule has 0 bridgehead atoms. The van der Waals surface area contributed by atoms with Crippen LogP contribution in [-0.4, -0.2) is 23.4 Å². The maximum atomic E-state index is 8.80. The third kappa shape index (κ3) is 3.01. The van der Waals surface area contributed by atoms with Gasteiger partial charge in [-0.25, -0.2) is 0 Å². The van der Waals surface area contributed by atoms with Crippen LogP contribution in [0.1, 0.15) is 12.0 Å². The first-order chi connectivity index (χ1) is 6.38. The Balaban J connectivity index is 2.83. The summed E-state index contributed by atoms with van der Waals surface area (Å²) in [5, 5.41) is 17.6. The fraction of sp³-hybridized carbons (Fsp3) is 0.273. The molecule has 0 heterocycles. The van der Waals surface area contributed by atoms with Gasteiger partial charge < -0.3 is 10.2 Å². The zero-order chi connectivity index (χ0) is 9.52. The van der Waals surface area contributed by atoms with Crippen molar-refractivity contribution in [3.63, 3.8) is 0 Å². The molecule has 1 rings (SSSR count). The zero-order valence-corrected chi connectivity index (χ0v) is 7.48. The second kappa shape index (κ2) is 5.51. The van der Waals surface area contributed by atoms with Crippen LogP contribution in [0.25, 0.3) is 5.57 Å². The van der Waals surface area contributed by atoms with Crippen LogP contribution in [0.15, 0.2) is 36.4 Å². The molecule has 0 atom stereocenters. The molecule has 2 nitrogen and oxygen atoms in total. The van der Waals surface area contributed by atoms with Crippen molar-refractivity contribution in [2.24, 2.45) is 0 Å². The first-order valence-corrected chi connectivity index (χ1v) is 4.34. The number of hydrogen-bond donors (Lipinski definition) is 2. The minimum absolute atomic E-state index is 0.0181. The van der Waals surface area contributed by atoms with E-state index in [4.69, 9.17) is 10.2 Å². The van der Waals surface area contributed by atoms with Crippen molar-refractivity contribution in [2.75, 3.05) is 13.2 Å². The largest absolute Gasteiger partial charge is 0.396 e. The smallest absolute Gasteiger partial charge is 0.0618 e. The molecule has 0 saturated carbocycles. The van der Waals surface area contributed by atoms with Crippen molar-refractivity contribution < 1.29 is 10.2 Å². The van der Waals surface area contributed by atoms with Crippen LogP contribution in [0, 0.1) is 0 Å². The van der Waals surface area contributed by atoms with Gasteiger partial charge in [0.2, 0.25) is 0 Å². The molecule has 2 heteroatoms. The molecule has 0 aliphatic carbocycles. The van der Waals surface area contributed by atoms with E-state index in [1.54, 1.807) is 6.08 Å². The molecule has 0 saturated heterocycles. The highest BCUT2D eigenvalue weighted by Gasteiger charge is 1.98. The highest BCUT2D eigenvalue weighted by Crippen LogP contribution is 2.16. The van der Waals surface area contributed by atoms with Crippen LogP contribution in [0.3, 0.4) is 0 Å². The zero-order valence-electron chi connectivity index (χ0n) is 7.48. The number of aliphatic hydroxyl groups excluding tert-OH is 2. The summed E-state index contributed by atoms with van der Waals surface area (Å²) in [4.78, 5) is 0. The molecule has 0 spiro atoms. The van der Waals surface area contributed by atoms with Gasteiger partial charge in [-0.1, -0.05) is 36.4 Å². The first kappa shape index (κ1) is 9.96. The van der Waals surface area contributed by atoms with Gasteiger partial charge in [0.05, 0.1) is 6.61 Å². The number of rotatable bonds is 4. The minimum atomic E-state index is 0.0181. The third-order valence-electron chi connectivity index (χ3n) is 1.86. The number of aliphatic hydroxyl groups is 2. The molecule has 0 aliphatic heterocycles. The van der Waals surface area contributed by atoms with E-state index in [2.05, 4.69) is 0 Å². The molecule has 70 valence electrons. The Morgan fingerprint density at radius 1 is 1.15 bits per heavy atom. The Bertz CT molecular complexity index is 265. The molecule has 0 aliphatic rings. The van der Waals surface area contributed by atoms with Gasteiger partial charge in [0, 0.05) is 6.61 Å². The molecule has 0 fully saturated rings. The molecule has 1 aromatic rings. The van der Waals surface area contributed by atoms with E-state index < -0.39 is 0 Å². The highest BCUT2D eigenvalue weighted by molar-refractivity contribution is 5.65. The third-order valence-corrected chi connectivity index (χ3v) is 1.86. The Kier molecular flexibility index (Phi) is 4.23. The quantitative estimate of drug-likeness (QED) is 0.732. The van der Waals surface area contributed by atoms with E-state index in [0.717, 1.165) is 11.1 Å². The average molecular weight is 178 g/mol. The molecule has 0 aromatic heterocycles. The van der Waals surface area contributed by atoms with Gasteiger partial charge in [0.25, 0.3) is 0 Å². The van der Waals surface area contributed by atoms with Crippen molar-refractivity contribution in [2.45, 2.75) is 6.42 Å². The van der Waals surface area contributed by atoms with E-state index in [0.29, 0.717) is 6.42 Å². The molecule has 13 heavy (non-hydrogen) atoms. The van der Waals surface area contributed by atoms with Crippen molar-refractivity contribution in [3.05, 3.63) is 42.0 Å². The summed E-state index contributed by atoms with van der Waals surface area (Å²) in [6.45, 7) is 0.130.